The Kier molecular flexibility index (Phi) is 5.01. The number of aryl methyl sites for hydroxylation is 2. The van der Waals surface area contributed by atoms with Gasteiger partial charge in [0.1, 0.15) is 5.75 Å². The van der Waals surface area contributed by atoms with Crippen molar-refractivity contribution in [3.63, 3.8) is 0 Å². The van der Waals surface area contributed by atoms with E-state index in [4.69, 9.17) is 4.74 Å². The summed E-state index contributed by atoms with van der Waals surface area (Å²) in [6, 6.07) is 6.33. The Morgan fingerprint density at radius 3 is 2.53 bits per heavy atom. The Hall–Kier alpha value is -1.02. The Balaban J connectivity index is 2.29. The third kappa shape index (κ3) is 5.73. The molecule has 0 unspecified atom stereocenters. The summed E-state index contributed by atoms with van der Waals surface area (Å²) in [5.74, 6) is 1.01. The van der Waals surface area contributed by atoms with E-state index in [0.717, 1.165) is 25.3 Å². The van der Waals surface area contributed by atoms with Gasteiger partial charge in [0, 0.05) is 5.54 Å². The molecular formula is C15H25NO. The summed E-state index contributed by atoms with van der Waals surface area (Å²) in [6.07, 6.45) is 1.03. The maximum atomic E-state index is 5.79. The van der Waals surface area contributed by atoms with Crippen LogP contribution in [0.4, 0.5) is 0 Å². The summed E-state index contributed by atoms with van der Waals surface area (Å²) in [5.41, 5.74) is 2.65. The Morgan fingerprint density at radius 2 is 1.88 bits per heavy atom. The van der Waals surface area contributed by atoms with Crippen LogP contribution in [-0.2, 0) is 0 Å². The van der Waals surface area contributed by atoms with Crippen LogP contribution in [0.15, 0.2) is 18.2 Å². The largest absolute Gasteiger partial charge is 0.493 e. The van der Waals surface area contributed by atoms with Crippen molar-refractivity contribution >= 4 is 0 Å². The van der Waals surface area contributed by atoms with Crippen LogP contribution in [0, 0.1) is 13.8 Å². The molecule has 0 bridgehead atoms. The molecule has 0 amide bonds. The minimum atomic E-state index is 0.194. The first-order chi connectivity index (χ1) is 7.88. The van der Waals surface area contributed by atoms with Crippen molar-refractivity contribution in [3.05, 3.63) is 29.3 Å². The highest BCUT2D eigenvalue weighted by Crippen LogP contribution is 2.19. The fourth-order valence-electron chi connectivity index (χ4n) is 1.58. The summed E-state index contributed by atoms with van der Waals surface area (Å²) in [4.78, 5) is 0. The van der Waals surface area contributed by atoms with E-state index in [0.29, 0.717) is 0 Å². The molecule has 2 heteroatoms. The van der Waals surface area contributed by atoms with E-state index in [-0.39, 0.29) is 5.54 Å². The van der Waals surface area contributed by atoms with Gasteiger partial charge in [0.15, 0.2) is 0 Å². The number of hydrogen-bond acceptors (Lipinski definition) is 2. The van der Waals surface area contributed by atoms with Crippen LogP contribution in [0.25, 0.3) is 0 Å². The molecule has 0 radical (unpaired) electrons. The van der Waals surface area contributed by atoms with Gasteiger partial charge < -0.3 is 10.1 Å². The van der Waals surface area contributed by atoms with E-state index in [1.807, 2.05) is 0 Å². The lowest BCUT2D eigenvalue weighted by molar-refractivity contribution is 0.296. The molecule has 0 spiro atoms. The number of ether oxygens (including phenoxy) is 1. The lowest BCUT2D eigenvalue weighted by atomic mass is 10.1. The number of rotatable bonds is 5. The van der Waals surface area contributed by atoms with Crippen molar-refractivity contribution in [2.75, 3.05) is 13.2 Å². The first kappa shape index (κ1) is 14.0. The zero-order valence-corrected chi connectivity index (χ0v) is 11.8. The van der Waals surface area contributed by atoms with E-state index in [1.165, 1.54) is 11.1 Å². The van der Waals surface area contributed by atoms with Crippen molar-refractivity contribution in [2.24, 2.45) is 0 Å². The predicted molar refractivity (Wildman–Crippen MR) is 73.8 cm³/mol. The van der Waals surface area contributed by atoms with Crippen LogP contribution in [0.1, 0.15) is 38.3 Å². The standard InChI is InChI=1S/C15H25NO/c1-12-7-8-13(2)14(11-12)17-10-6-9-16-15(3,4)5/h7-8,11,16H,6,9-10H2,1-5H3. The molecule has 0 saturated heterocycles. The molecule has 1 rings (SSSR count). The van der Waals surface area contributed by atoms with Crippen LogP contribution in [0.5, 0.6) is 5.75 Å². The average molecular weight is 235 g/mol. The van der Waals surface area contributed by atoms with Crippen molar-refractivity contribution < 1.29 is 4.74 Å². The van der Waals surface area contributed by atoms with Crippen LogP contribution >= 0.6 is 0 Å². The number of benzene rings is 1. The van der Waals surface area contributed by atoms with Crippen molar-refractivity contribution in [2.45, 2.75) is 46.6 Å². The summed E-state index contributed by atoms with van der Waals surface area (Å²) in [5, 5.41) is 3.45. The first-order valence-corrected chi connectivity index (χ1v) is 6.33. The molecule has 2 nitrogen and oxygen atoms in total. The Labute approximate surface area is 105 Å². The maximum absolute atomic E-state index is 5.79. The fraction of sp³-hybridized carbons (Fsp3) is 0.600. The maximum Gasteiger partial charge on any atom is 0.122 e. The van der Waals surface area contributed by atoms with E-state index >= 15 is 0 Å². The second-order valence-corrected chi connectivity index (χ2v) is 5.65. The average Bonchev–Trinajstić information content (AvgIpc) is 2.21. The summed E-state index contributed by atoms with van der Waals surface area (Å²) in [6.45, 7) is 12.5. The monoisotopic (exact) mass is 235 g/mol. The molecule has 1 N–H and O–H groups in total. The minimum absolute atomic E-state index is 0.194. The van der Waals surface area contributed by atoms with Crippen LogP contribution < -0.4 is 10.1 Å². The van der Waals surface area contributed by atoms with Crippen LogP contribution in [0.3, 0.4) is 0 Å². The molecule has 0 fully saturated rings. The normalized spacial score (nSPS) is 11.6. The molecule has 0 aliphatic heterocycles. The SMILES string of the molecule is Cc1ccc(C)c(OCCCNC(C)(C)C)c1. The zero-order valence-electron chi connectivity index (χ0n) is 11.8. The van der Waals surface area contributed by atoms with E-state index in [9.17, 15) is 0 Å². The molecule has 17 heavy (non-hydrogen) atoms. The van der Waals surface area contributed by atoms with Gasteiger partial charge in [0.2, 0.25) is 0 Å². The van der Waals surface area contributed by atoms with E-state index in [2.05, 4.69) is 58.1 Å². The van der Waals surface area contributed by atoms with Crippen molar-refractivity contribution in [1.29, 1.82) is 0 Å². The highest BCUT2D eigenvalue weighted by Gasteiger charge is 2.07. The third-order valence-electron chi connectivity index (χ3n) is 2.58. The van der Waals surface area contributed by atoms with Crippen molar-refractivity contribution in [1.82, 2.24) is 5.32 Å². The molecule has 0 heterocycles. The van der Waals surface area contributed by atoms with Crippen molar-refractivity contribution in [3.8, 4) is 5.75 Å². The molecular weight excluding hydrogens is 210 g/mol. The highest BCUT2D eigenvalue weighted by atomic mass is 16.5. The van der Waals surface area contributed by atoms with Gasteiger partial charge in [-0.2, -0.15) is 0 Å². The lowest BCUT2D eigenvalue weighted by Gasteiger charge is -2.20. The molecule has 1 aromatic rings. The third-order valence-corrected chi connectivity index (χ3v) is 2.58. The highest BCUT2D eigenvalue weighted by molar-refractivity contribution is 5.35. The second-order valence-electron chi connectivity index (χ2n) is 5.65. The van der Waals surface area contributed by atoms with Gasteiger partial charge in [-0.25, -0.2) is 0 Å². The van der Waals surface area contributed by atoms with Gasteiger partial charge >= 0.3 is 0 Å². The minimum Gasteiger partial charge on any atom is -0.493 e. The molecule has 96 valence electrons. The van der Waals surface area contributed by atoms with Gasteiger partial charge in [-0.05, 0) is 64.8 Å². The summed E-state index contributed by atoms with van der Waals surface area (Å²) >= 11 is 0. The van der Waals surface area contributed by atoms with Gasteiger partial charge in [-0.15, -0.1) is 0 Å². The molecule has 0 atom stereocenters. The predicted octanol–water partition coefficient (Wildman–Crippen LogP) is 3.46. The summed E-state index contributed by atoms with van der Waals surface area (Å²) in [7, 11) is 0. The zero-order chi connectivity index (χ0) is 12.9. The topological polar surface area (TPSA) is 21.3 Å². The molecule has 0 aliphatic rings. The van der Waals surface area contributed by atoms with Gasteiger partial charge in [-0.3, -0.25) is 0 Å². The smallest absolute Gasteiger partial charge is 0.122 e. The van der Waals surface area contributed by atoms with Gasteiger partial charge in [0.05, 0.1) is 6.61 Å². The van der Waals surface area contributed by atoms with E-state index < -0.39 is 0 Å². The second kappa shape index (κ2) is 6.06. The Bertz CT molecular complexity index is 352. The molecule has 0 saturated carbocycles. The van der Waals surface area contributed by atoms with Crippen LogP contribution in [0.2, 0.25) is 0 Å². The number of nitrogens with one attached hydrogen (secondary N) is 1. The number of hydrogen-bond donors (Lipinski definition) is 1. The summed E-state index contributed by atoms with van der Waals surface area (Å²) < 4.78 is 5.79. The van der Waals surface area contributed by atoms with Crippen LogP contribution in [-0.4, -0.2) is 18.7 Å². The quantitative estimate of drug-likeness (QED) is 0.789. The fourth-order valence-corrected chi connectivity index (χ4v) is 1.58. The first-order valence-electron chi connectivity index (χ1n) is 6.33. The molecule has 0 aromatic heterocycles. The lowest BCUT2D eigenvalue weighted by Crippen LogP contribution is -2.36. The van der Waals surface area contributed by atoms with Gasteiger partial charge in [0.25, 0.3) is 0 Å². The van der Waals surface area contributed by atoms with Gasteiger partial charge in [-0.1, -0.05) is 12.1 Å². The molecule has 0 aliphatic carbocycles. The Morgan fingerprint density at radius 1 is 1.18 bits per heavy atom. The molecule has 1 aromatic carbocycles. The van der Waals surface area contributed by atoms with E-state index in [1.54, 1.807) is 0 Å².